The van der Waals surface area contributed by atoms with Gasteiger partial charge in [-0.05, 0) is 44.7 Å². The van der Waals surface area contributed by atoms with Crippen LogP contribution < -0.4 is 0 Å². The van der Waals surface area contributed by atoms with E-state index in [1.165, 1.54) is 0 Å². The molecule has 6 aromatic carbocycles. The Morgan fingerprint density at radius 2 is 0.800 bits per heavy atom. The summed E-state index contributed by atoms with van der Waals surface area (Å²) in [6, 6.07) is 58.3. The van der Waals surface area contributed by atoms with Crippen molar-refractivity contribution in [1.29, 1.82) is 0 Å². The number of methoxy groups -OCH3 is 1. The van der Waals surface area contributed by atoms with Crippen LogP contribution in [-0.4, -0.2) is 91.7 Å². The molecule has 2 aliphatic heterocycles. The highest BCUT2D eigenvalue weighted by atomic mass is 32.2. The molecule has 8 rings (SSSR count). The topological polar surface area (TPSA) is 113 Å². The van der Waals surface area contributed by atoms with Gasteiger partial charge in [0.1, 0.15) is 54.3 Å². The molecule has 2 heterocycles. The number of aliphatic hydroxyl groups excluding tert-OH is 1. The molecule has 2 aliphatic rings. The average Bonchev–Trinajstić information content (AvgIpc) is 3.41. The molecule has 6 aromatic rings. The molecule has 10 atom stereocenters. The van der Waals surface area contributed by atoms with E-state index >= 15 is 0 Å². The minimum atomic E-state index is -1.07. The summed E-state index contributed by atoms with van der Waals surface area (Å²) in [6.45, 7) is 4.81. The number of ether oxygens (including phenoxy) is 10. The molecule has 370 valence electrons. The first-order valence-electron chi connectivity index (χ1n) is 24.2. The zero-order chi connectivity index (χ0) is 48.2. The van der Waals surface area contributed by atoms with Crippen LogP contribution in [0.3, 0.4) is 0 Å². The Bertz CT molecular complexity index is 2350. The Morgan fingerprint density at radius 3 is 1.30 bits per heavy atom. The van der Waals surface area contributed by atoms with Crippen LogP contribution >= 0.6 is 11.8 Å². The molecule has 0 radical (unpaired) electrons. The van der Waals surface area contributed by atoms with Crippen molar-refractivity contribution in [3.05, 3.63) is 215 Å². The fourth-order valence-electron chi connectivity index (χ4n) is 8.69. The Morgan fingerprint density at radius 1 is 0.414 bits per heavy atom. The number of hydrogen-bond donors (Lipinski definition) is 1. The molecule has 0 amide bonds. The Balaban J connectivity index is 0.959. The first kappa shape index (κ1) is 51.6. The van der Waals surface area contributed by atoms with Crippen molar-refractivity contribution < 1.29 is 52.5 Å². The lowest BCUT2D eigenvalue weighted by molar-refractivity contribution is -0.315. The summed E-state index contributed by atoms with van der Waals surface area (Å²) in [5.74, 6) is 0.818. The van der Waals surface area contributed by atoms with Crippen LogP contribution in [0.4, 0.5) is 0 Å². The minimum Gasteiger partial charge on any atom is -0.387 e. The van der Waals surface area contributed by atoms with Crippen molar-refractivity contribution >= 4 is 11.8 Å². The van der Waals surface area contributed by atoms with E-state index in [1.54, 1.807) is 18.9 Å². The second-order valence-corrected chi connectivity index (χ2v) is 18.8. The molecule has 0 bridgehead atoms. The Kier molecular flexibility index (Phi) is 20.4. The van der Waals surface area contributed by atoms with Gasteiger partial charge in [0.25, 0.3) is 0 Å². The lowest BCUT2D eigenvalue weighted by Crippen LogP contribution is -2.60. The normalized spacial score (nSPS) is 24.6. The number of aliphatic hydroxyl groups is 1. The van der Waals surface area contributed by atoms with Crippen molar-refractivity contribution in [3.63, 3.8) is 0 Å². The van der Waals surface area contributed by atoms with E-state index in [-0.39, 0.29) is 31.9 Å². The van der Waals surface area contributed by atoms with Gasteiger partial charge in [0.05, 0.1) is 59.5 Å². The number of rotatable bonds is 26. The second-order valence-electron chi connectivity index (χ2n) is 17.4. The average molecular weight is 971 g/mol. The van der Waals surface area contributed by atoms with Crippen molar-refractivity contribution in [2.75, 3.05) is 26.1 Å². The van der Waals surface area contributed by atoms with Crippen LogP contribution in [0.1, 0.15) is 45.9 Å². The molecular weight excluding hydrogens is 905 g/mol. The highest BCUT2D eigenvalue weighted by molar-refractivity contribution is 7.99. The van der Waals surface area contributed by atoms with Crippen LogP contribution in [0, 0.1) is 0 Å². The van der Waals surface area contributed by atoms with Gasteiger partial charge >= 0.3 is 0 Å². The molecule has 0 aliphatic carbocycles. The summed E-state index contributed by atoms with van der Waals surface area (Å²) in [5.41, 5.74) is 6.68. The monoisotopic (exact) mass is 970 g/mol. The largest absolute Gasteiger partial charge is 0.387 e. The van der Waals surface area contributed by atoms with E-state index in [2.05, 4.69) is 49.4 Å². The highest BCUT2D eigenvalue weighted by Gasteiger charge is 2.49. The summed E-state index contributed by atoms with van der Waals surface area (Å²) in [5, 5.41) is 11.8. The molecule has 2 saturated heterocycles. The summed E-state index contributed by atoms with van der Waals surface area (Å²) >= 11 is 1.69. The first-order valence-corrected chi connectivity index (χ1v) is 25.2. The van der Waals surface area contributed by atoms with Gasteiger partial charge in [0, 0.05) is 7.11 Å². The molecule has 0 spiro atoms. The van der Waals surface area contributed by atoms with Crippen LogP contribution in [0.15, 0.2) is 176 Å². The molecule has 12 heteroatoms. The maximum atomic E-state index is 11.8. The third-order valence-electron chi connectivity index (χ3n) is 12.3. The number of benzene rings is 6. The predicted molar refractivity (Wildman–Crippen MR) is 269 cm³/mol. The summed E-state index contributed by atoms with van der Waals surface area (Å²) in [6.07, 6.45) is -6.04. The second kappa shape index (κ2) is 27.7. The van der Waals surface area contributed by atoms with E-state index in [0.717, 1.165) is 44.7 Å². The smallest absolute Gasteiger partial charge is 0.186 e. The maximum Gasteiger partial charge on any atom is 0.186 e. The maximum absolute atomic E-state index is 11.8. The molecule has 0 saturated carbocycles. The molecule has 1 N–H and O–H groups in total. The van der Waals surface area contributed by atoms with Gasteiger partial charge in [-0.25, -0.2) is 0 Å². The quantitative estimate of drug-likeness (QED) is 0.0559. The third-order valence-corrected chi connectivity index (χ3v) is 13.3. The number of thioether (sulfide) groups is 1. The Labute approximate surface area is 417 Å². The Hall–Kier alpha value is -4.77. The van der Waals surface area contributed by atoms with E-state index in [1.807, 2.05) is 133 Å². The summed E-state index contributed by atoms with van der Waals surface area (Å²) < 4.78 is 65.2. The van der Waals surface area contributed by atoms with Crippen LogP contribution in [0.25, 0.3) is 0 Å². The van der Waals surface area contributed by atoms with Crippen molar-refractivity contribution in [1.82, 2.24) is 0 Å². The fraction of sp³-hybridized carbons (Fsp3) is 0.379. The van der Waals surface area contributed by atoms with Crippen LogP contribution in [-0.2, 0) is 93.6 Å². The summed E-state index contributed by atoms with van der Waals surface area (Å²) in [7, 11) is 1.57. The van der Waals surface area contributed by atoms with Gasteiger partial charge in [-0.2, -0.15) is 0 Å². The summed E-state index contributed by atoms with van der Waals surface area (Å²) in [4.78, 5) is 0. The third kappa shape index (κ3) is 15.1. The number of hydrogen-bond acceptors (Lipinski definition) is 12. The first-order chi connectivity index (χ1) is 34.5. The zero-order valence-electron chi connectivity index (χ0n) is 40.0. The molecule has 11 nitrogen and oxygen atoms in total. The lowest BCUT2D eigenvalue weighted by Gasteiger charge is -2.46. The molecular formula is C58H66O11S. The molecule has 0 aromatic heterocycles. The molecule has 0 unspecified atom stereocenters. The highest BCUT2D eigenvalue weighted by Crippen LogP contribution is 2.36. The lowest BCUT2D eigenvalue weighted by atomic mass is 9.98. The molecule has 70 heavy (non-hydrogen) atoms. The zero-order valence-corrected chi connectivity index (χ0v) is 40.8. The van der Waals surface area contributed by atoms with Gasteiger partial charge in [-0.3, -0.25) is 0 Å². The van der Waals surface area contributed by atoms with E-state index in [4.69, 9.17) is 47.4 Å². The van der Waals surface area contributed by atoms with Gasteiger partial charge in [-0.15, -0.1) is 11.8 Å². The van der Waals surface area contributed by atoms with E-state index in [9.17, 15) is 5.11 Å². The van der Waals surface area contributed by atoms with Crippen LogP contribution in [0.2, 0.25) is 0 Å². The fourth-order valence-corrected chi connectivity index (χ4v) is 9.67. The predicted octanol–water partition coefficient (Wildman–Crippen LogP) is 9.86. The van der Waals surface area contributed by atoms with Crippen molar-refractivity contribution in [3.8, 4) is 0 Å². The van der Waals surface area contributed by atoms with Gasteiger partial charge in [0.15, 0.2) is 6.29 Å². The van der Waals surface area contributed by atoms with Crippen molar-refractivity contribution in [2.45, 2.75) is 114 Å². The van der Waals surface area contributed by atoms with Gasteiger partial charge < -0.3 is 52.5 Å². The SMILES string of the molecule is CCS[C@@H]1O[C@H](COCc2cccc(CO[C@H]3[C@@H](O)[C@@H](COCc4ccccc4)O[C@H](OC)[C@@H]3OCc3ccccc3)c2)[C@@H](OCc2ccccc2)[C@H](OCc2ccccc2)[C@H]1OCc1ccccc1. The van der Waals surface area contributed by atoms with Gasteiger partial charge in [0.2, 0.25) is 0 Å². The van der Waals surface area contributed by atoms with Gasteiger partial charge in [-0.1, -0.05) is 183 Å². The van der Waals surface area contributed by atoms with Crippen LogP contribution in [0.5, 0.6) is 0 Å². The van der Waals surface area contributed by atoms with Crippen molar-refractivity contribution in [2.24, 2.45) is 0 Å². The standard InChI is InChI=1S/C58H66O11S/c1-3-70-58-56(67-38-46-28-17-8-18-29-46)54(65-36-44-24-13-6-14-25-44)52(63-35-43-22-11-5-12-23-43)50(69-58)41-62-34-47-30-19-31-48(32-47)39-64-53-51(59)49(40-61-33-42-20-9-4-10-21-42)68-57(60-2)55(53)66-37-45-26-15-7-16-27-45/h4-32,49-59H,3,33-41H2,1-2H3/t49-,50-,51+,52-,53+,54+,55-,56-,57+,58+/m1/s1. The minimum absolute atomic E-state index is 0.135. The van der Waals surface area contributed by atoms with E-state index in [0.29, 0.717) is 33.0 Å². The van der Waals surface area contributed by atoms with E-state index < -0.39 is 55.1 Å². The molecule has 2 fully saturated rings.